The van der Waals surface area contributed by atoms with Gasteiger partial charge in [-0.05, 0) is 12.1 Å². The third kappa shape index (κ3) is 2.54. The molecule has 0 spiro atoms. The van der Waals surface area contributed by atoms with Crippen molar-refractivity contribution < 1.29 is 19.4 Å². The third-order valence-electron chi connectivity index (χ3n) is 1.25. The van der Waals surface area contributed by atoms with E-state index in [1.165, 1.54) is 7.11 Å². The molecule has 0 fully saturated rings. The summed E-state index contributed by atoms with van der Waals surface area (Å²) in [7, 11) is 0.288. The molecule has 5 heteroatoms. The van der Waals surface area contributed by atoms with Gasteiger partial charge in [0.25, 0.3) is 0 Å². The van der Waals surface area contributed by atoms with Crippen LogP contribution in [0.25, 0.3) is 0 Å². The first kappa shape index (κ1) is 9.06. The molecule has 64 valence electrons. The molecule has 0 amide bonds. The van der Waals surface area contributed by atoms with E-state index in [2.05, 4.69) is 9.46 Å². The van der Waals surface area contributed by atoms with Gasteiger partial charge in [0.2, 0.25) is 0 Å². The highest BCUT2D eigenvalue weighted by molar-refractivity contribution is 6.36. The van der Waals surface area contributed by atoms with Crippen molar-refractivity contribution in [3.05, 3.63) is 30.3 Å². The van der Waals surface area contributed by atoms with Crippen LogP contribution >= 0.6 is 0 Å². The maximum atomic E-state index is 8.24. The van der Waals surface area contributed by atoms with Crippen molar-refractivity contribution in [2.24, 2.45) is 0 Å². The fraction of sp³-hybridized carbons (Fsp3) is 0.143. The standard InChI is InChI=1S/C7H9BO4/c1-10-8(12-9)11-7-5-3-2-4-6-7/h2-6,9H,1H3. The van der Waals surface area contributed by atoms with E-state index in [-0.39, 0.29) is 0 Å². The molecule has 0 unspecified atom stereocenters. The predicted molar refractivity (Wildman–Crippen MR) is 43.5 cm³/mol. The molecule has 0 saturated carbocycles. The van der Waals surface area contributed by atoms with E-state index in [1.54, 1.807) is 24.3 Å². The van der Waals surface area contributed by atoms with Gasteiger partial charge in [0, 0.05) is 7.11 Å². The average molecular weight is 168 g/mol. The number of hydrogen-bond acceptors (Lipinski definition) is 4. The van der Waals surface area contributed by atoms with Crippen LogP contribution in [0.2, 0.25) is 0 Å². The lowest BCUT2D eigenvalue weighted by molar-refractivity contribution is -0.173. The van der Waals surface area contributed by atoms with Gasteiger partial charge in [-0.1, -0.05) is 18.2 Å². The minimum atomic E-state index is -1.08. The zero-order valence-electron chi connectivity index (χ0n) is 6.64. The quantitative estimate of drug-likeness (QED) is 0.416. The SMILES string of the molecule is COB(OO)Oc1ccccc1. The van der Waals surface area contributed by atoms with E-state index in [4.69, 9.17) is 9.91 Å². The van der Waals surface area contributed by atoms with Gasteiger partial charge < -0.3 is 9.31 Å². The van der Waals surface area contributed by atoms with Gasteiger partial charge in [-0.3, -0.25) is 5.26 Å². The molecule has 12 heavy (non-hydrogen) atoms. The lowest BCUT2D eigenvalue weighted by Crippen LogP contribution is -2.27. The number of para-hydroxylation sites is 1. The summed E-state index contributed by atoms with van der Waals surface area (Å²) in [5.74, 6) is 0.568. The second-order valence-electron chi connectivity index (χ2n) is 2.06. The van der Waals surface area contributed by atoms with E-state index in [0.29, 0.717) is 5.75 Å². The molecule has 1 aromatic carbocycles. The summed E-state index contributed by atoms with van der Waals surface area (Å²) in [6.07, 6.45) is 0. The van der Waals surface area contributed by atoms with Crippen molar-refractivity contribution in [1.29, 1.82) is 0 Å². The van der Waals surface area contributed by atoms with Gasteiger partial charge in [0.15, 0.2) is 0 Å². The van der Waals surface area contributed by atoms with Gasteiger partial charge >= 0.3 is 7.32 Å². The first-order valence-electron chi connectivity index (χ1n) is 3.41. The smallest absolute Gasteiger partial charge is 0.510 e. The van der Waals surface area contributed by atoms with E-state index in [1.807, 2.05) is 6.07 Å². The summed E-state index contributed by atoms with van der Waals surface area (Å²) in [4.78, 5) is 3.86. The first-order chi connectivity index (χ1) is 5.86. The van der Waals surface area contributed by atoms with Crippen LogP contribution in [0.3, 0.4) is 0 Å². The van der Waals surface area contributed by atoms with Crippen LogP contribution in [0.15, 0.2) is 30.3 Å². The van der Waals surface area contributed by atoms with Crippen LogP contribution in [0, 0.1) is 0 Å². The zero-order chi connectivity index (χ0) is 8.81. The highest BCUT2D eigenvalue weighted by Crippen LogP contribution is 2.09. The van der Waals surface area contributed by atoms with Crippen LogP contribution < -0.4 is 4.65 Å². The van der Waals surface area contributed by atoms with Gasteiger partial charge in [0.05, 0.1) is 0 Å². The highest BCUT2D eigenvalue weighted by Gasteiger charge is 2.21. The lowest BCUT2D eigenvalue weighted by atomic mass is 10.2. The monoisotopic (exact) mass is 168 g/mol. The maximum absolute atomic E-state index is 8.24. The second kappa shape index (κ2) is 4.76. The van der Waals surface area contributed by atoms with E-state index in [0.717, 1.165) is 0 Å². The summed E-state index contributed by atoms with van der Waals surface area (Å²) >= 11 is 0. The van der Waals surface area contributed by atoms with Crippen molar-refractivity contribution in [3.63, 3.8) is 0 Å². The summed E-state index contributed by atoms with van der Waals surface area (Å²) in [6.45, 7) is 0. The Balaban J connectivity index is 2.51. The normalized spacial score (nSPS) is 9.50. The molecule has 0 heterocycles. The second-order valence-corrected chi connectivity index (χ2v) is 2.06. The van der Waals surface area contributed by atoms with Crippen LogP contribution in [-0.2, 0) is 9.46 Å². The first-order valence-corrected chi connectivity index (χ1v) is 3.41. The molecule has 0 saturated heterocycles. The molecule has 0 aliphatic carbocycles. The largest absolute Gasteiger partial charge is 0.741 e. The Morgan fingerprint density at radius 3 is 2.42 bits per heavy atom. The molecule has 1 rings (SSSR count). The van der Waals surface area contributed by atoms with Crippen molar-refractivity contribution in [2.45, 2.75) is 0 Å². The summed E-state index contributed by atoms with van der Waals surface area (Å²) in [5, 5.41) is 8.24. The number of hydrogen-bond donors (Lipinski definition) is 1. The van der Waals surface area contributed by atoms with Gasteiger partial charge in [0.1, 0.15) is 5.75 Å². The van der Waals surface area contributed by atoms with E-state index >= 15 is 0 Å². The van der Waals surface area contributed by atoms with Crippen molar-refractivity contribution >= 4 is 7.32 Å². The van der Waals surface area contributed by atoms with Gasteiger partial charge in [-0.2, -0.15) is 0 Å². The third-order valence-corrected chi connectivity index (χ3v) is 1.25. The molecule has 1 N–H and O–H groups in total. The summed E-state index contributed by atoms with van der Waals surface area (Å²) in [6, 6.07) is 8.92. The zero-order valence-corrected chi connectivity index (χ0v) is 6.64. The molecule has 1 aromatic rings. The molecular weight excluding hydrogens is 159 g/mol. The Labute approximate surface area is 70.8 Å². The molecule has 4 nitrogen and oxygen atoms in total. The summed E-state index contributed by atoms with van der Waals surface area (Å²) in [5.41, 5.74) is 0. The Bertz CT molecular complexity index is 212. The molecule has 0 radical (unpaired) electrons. The number of rotatable bonds is 4. The van der Waals surface area contributed by atoms with E-state index in [9.17, 15) is 0 Å². The predicted octanol–water partition coefficient (Wildman–Crippen LogP) is 1.19. The minimum absolute atomic E-state index is 0.568. The lowest BCUT2D eigenvalue weighted by Gasteiger charge is -2.08. The fourth-order valence-electron chi connectivity index (χ4n) is 0.723. The molecular formula is C7H9BO4. The van der Waals surface area contributed by atoms with Crippen LogP contribution in [0.5, 0.6) is 5.75 Å². The fourth-order valence-corrected chi connectivity index (χ4v) is 0.723. The molecule has 0 bridgehead atoms. The Morgan fingerprint density at radius 1 is 1.25 bits per heavy atom. The van der Waals surface area contributed by atoms with Crippen LogP contribution in [-0.4, -0.2) is 19.7 Å². The maximum Gasteiger partial charge on any atom is 0.741 e. The topological polar surface area (TPSA) is 47.9 Å². The molecule has 0 aliphatic rings. The van der Waals surface area contributed by atoms with Crippen molar-refractivity contribution in [3.8, 4) is 5.75 Å². The summed E-state index contributed by atoms with van der Waals surface area (Å²) < 4.78 is 9.63. The Kier molecular flexibility index (Phi) is 3.60. The van der Waals surface area contributed by atoms with Crippen molar-refractivity contribution in [2.75, 3.05) is 7.11 Å². The Hall–Kier alpha value is -1.04. The number of benzene rings is 1. The molecule has 0 atom stereocenters. The van der Waals surface area contributed by atoms with Crippen LogP contribution in [0.4, 0.5) is 0 Å². The van der Waals surface area contributed by atoms with Crippen LogP contribution in [0.1, 0.15) is 0 Å². The van der Waals surface area contributed by atoms with Crippen molar-refractivity contribution in [1.82, 2.24) is 0 Å². The molecule has 0 aromatic heterocycles. The highest BCUT2D eigenvalue weighted by atomic mass is 17.1. The molecule has 0 aliphatic heterocycles. The van der Waals surface area contributed by atoms with E-state index < -0.39 is 7.32 Å². The average Bonchev–Trinajstić information content (AvgIpc) is 2.16. The Morgan fingerprint density at radius 2 is 1.92 bits per heavy atom. The van der Waals surface area contributed by atoms with Gasteiger partial charge in [-0.15, -0.1) is 0 Å². The minimum Gasteiger partial charge on any atom is -0.510 e. The van der Waals surface area contributed by atoms with Gasteiger partial charge in [-0.25, -0.2) is 4.81 Å².